The van der Waals surface area contributed by atoms with E-state index in [0.29, 0.717) is 0 Å². The summed E-state index contributed by atoms with van der Waals surface area (Å²) in [4.78, 5) is 3.63. The largest absolute Gasteiger partial charge is 0.302 e. The highest BCUT2D eigenvalue weighted by Crippen LogP contribution is 2.24. The lowest BCUT2D eigenvalue weighted by Crippen LogP contribution is -2.59. The highest BCUT2D eigenvalue weighted by Gasteiger charge is 2.34. The lowest BCUT2D eigenvalue weighted by Gasteiger charge is -2.42. The Morgan fingerprint density at radius 2 is 2.25 bits per heavy atom. The predicted molar refractivity (Wildman–Crippen MR) is 71.5 cm³/mol. The molecule has 92 valence electrons. The molecule has 4 heteroatoms. The van der Waals surface area contributed by atoms with E-state index >= 15 is 0 Å². The van der Waals surface area contributed by atoms with Gasteiger partial charge in [0.15, 0.2) is 0 Å². The molecule has 0 aliphatic carbocycles. The van der Waals surface area contributed by atoms with Gasteiger partial charge in [-0.25, -0.2) is 0 Å². The summed E-state index contributed by atoms with van der Waals surface area (Å²) in [6.07, 6.45) is 2.05. The lowest BCUT2D eigenvalue weighted by atomic mass is 9.86. The minimum atomic E-state index is 0.0821. The summed E-state index contributed by atoms with van der Waals surface area (Å²) >= 11 is 1.79. The van der Waals surface area contributed by atoms with Crippen LogP contribution in [0.2, 0.25) is 0 Å². The zero-order chi connectivity index (χ0) is 12.2. The molecule has 1 heterocycles. The van der Waals surface area contributed by atoms with Gasteiger partial charge in [-0.05, 0) is 38.9 Å². The SMILES string of the molecule is CCC(C)(C(Cc1cccs1)NN)N(C)C. The van der Waals surface area contributed by atoms with E-state index in [4.69, 9.17) is 5.84 Å². The first-order valence-electron chi connectivity index (χ1n) is 5.70. The smallest absolute Gasteiger partial charge is 0.0439 e. The van der Waals surface area contributed by atoms with Crippen LogP contribution in [-0.4, -0.2) is 30.6 Å². The molecule has 2 unspecified atom stereocenters. The summed E-state index contributed by atoms with van der Waals surface area (Å²) in [6, 6.07) is 4.53. The van der Waals surface area contributed by atoms with Crippen molar-refractivity contribution in [2.75, 3.05) is 14.1 Å². The first kappa shape index (κ1) is 13.6. The Labute approximate surface area is 103 Å². The van der Waals surface area contributed by atoms with Crippen LogP contribution in [0.25, 0.3) is 0 Å². The summed E-state index contributed by atoms with van der Waals surface area (Å²) in [6.45, 7) is 4.46. The molecular formula is C12H23N3S. The fourth-order valence-corrected chi connectivity index (χ4v) is 2.71. The van der Waals surface area contributed by atoms with E-state index in [9.17, 15) is 0 Å². The van der Waals surface area contributed by atoms with Crippen molar-refractivity contribution in [2.45, 2.75) is 38.3 Å². The van der Waals surface area contributed by atoms with Crippen molar-refractivity contribution in [3.8, 4) is 0 Å². The van der Waals surface area contributed by atoms with E-state index in [-0.39, 0.29) is 11.6 Å². The number of nitrogens with two attached hydrogens (primary N) is 1. The van der Waals surface area contributed by atoms with Gasteiger partial charge in [0.05, 0.1) is 0 Å². The Morgan fingerprint density at radius 3 is 2.62 bits per heavy atom. The summed E-state index contributed by atoms with van der Waals surface area (Å²) in [5, 5.41) is 2.11. The van der Waals surface area contributed by atoms with Gasteiger partial charge < -0.3 is 4.90 Å². The average molecular weight is 241 g/mol. The number of nitrogens with one attached hydrogen (secondary N) is 1. The van der Waals surface area contributed by atoms with Crippen molar-refractivity contribution >= 4 is 11.3 Å². The van der Waals surface area contributed by atoms with Crippen LogP contribution in [-0.2, 0) is 6.42 Å². The molecule has 1 rings (SSSR count). The van der Waals surface area contributed by atoms with Crippen LogP contribution in [0.15, 0.2) is 17.5 Å². The number of hydrazine groups is 1. The first-order chi connectivity index (χ1) is 7.54. The van der Waals surface area contributed by atoms with Crippen molar-refractivity contribution < 1.29 is 0 Å². The van der Waals surface area contributed by atoms with Gasteiger partial charge in [-0.15, -0.1) is 11.3 Å². The van der Waals surface area contributed by atoms with E-state index in [1.807, 2.05) is 0 Å². The number of likely N-dealkylation sites (N-methyl/N-ethyl adjacent to an activating group) is 1. The second kappa shape index (κ2) is 5.77. The van der Waals surface area contributed by atoms with Crippen LogP contribution in [0.1, 0.15) is 25.1 Å². The van der Waals surface area contributed by atoms with Gasteiger partial charge in [0.1, 0.15) is 0 Å². The minimum absolute atomic E-state index is 0.0821. The third-order valence-corrected chi connectivity index (χ3v) is 4.57. The summed E-state index contributed by atoms with van der Waals surface area (Å²) in [5.74, 6) is 5.72. The Hall–Kier alpha value is -0.420. The Balaban J connectivity index is 2.79. The van der Waals surface area contributed by atoms with Crippen LogP contribution in [0.5, 0.6) is 0 Å². The monoisotopic (exact) mass is 241 g/mol. The predicted octanol–water partition coefficient (Wildman–Crippen LogP) is 1.85. The molecule has 1 aromatic heterocycles. The van der Waals surface area contributed by atoms with E-state index < -0.39 is 0 Å². The number of nitrogens with zero attached hydrogens (tertiary/aromatic N) is 1. The van der Waals surface area contributed by atoms with Gasteiger partial charge in [0.2, 0.25) is 0 Å². The maximum atomic E-state index is 5.72. The highest BCUT2D eigenvalue weighted by atomic mass is 32.1. The summed E-state index contributed by atoms with van der Waals surface area (Å²) < 4.78 is 0. The van der Waals surface area contributed by atoms with E-state index in [0.717, 1.165) is 12.8 Å². The van der Waals surface area contributed by atoms with Gasteiger partial charge in [-0.3, -0.25) is 11.3 Å². The third-order valence-electron chi connectivity index (χ3n) is 3.67. The molecule has 0 amide bonds. The third kappa shape index (κ3) is 2.83. The fourth-order valence-electron chi connectivity index (χ4n) is 1.96. The molecule has 0 saturated heterocycles. The maximum Gasteiger partial charge on any atom is 0.0439 e. The molecule has 0 bridgehead atoms. The van der Waals surface area contributed by atoms with Crippen LogP contribution in [0.4, 0.5) is 0 Å². The van der Waals surface area contributed by atoms with E-state index in [2.05, 4.69) is 55.8 Å². The van der Waals surface area contributed by atoms with Gasteiger partial charge >= 0.3 is 0 Å². The van der Waals surface area contributed by atoms with Crippen LogP contribution >= 0.6 is 11.3 Å². The molecule has 0 radical (unpaired) electrons. The first-order valence-corrected chi connectivity index (χ1v) is 6.58. The zero-order valence-electron chi connectivity index (χ0n) is 10.7. The molecule has 3 N–H and O–H groups in total. The van der Waals surface area contributed by atoms with Gasteiger partial charge in [-0.1, -0.05) is 13.0 Å². The number of hydrogen-bond donors (Lipinski definition) is 2. The number of rotatable bonds is 6. The Morgan fingerprint density at radius 1 is 1.56 bits per heavy atom. The summed E-state index contributed by atoms with van der Waals surface area (Å²) in [5.41, 5.74) is 3.06. The van der Waals surface area contributed by atoms with Crippen molar-refractivity contribution in [2.24, 2.45) is 5.84 Å². The molecular weight excluding hydrogens is 218 g/mol. The topological polar surface area (TPSA) is 41.3 Å². The average Bonchev–Trinajstić information content (AvgIpc) is 2.77. The van der Waals surface area contributed by atoms with Crippen LogP contribution in [0.3, 0.4) is 0 Å². The van der Waals surface area contributed by atoms with Gasteiger partial charge in [0, 0.05) is 22.9 Å². The molecule has 0 aromatic carbocycles. The van der Waals surface area contributed by atoms with Crippen molar-refractivity contribution in [1.29, 1.82) is 0 Å². The molecule has 0 saturated carbocycles. The highest BCUT2D eigenvalue weighted by molar-refractivity contribution is 7.09. The molecule has 16 heavy (non-hydrogen) atoms. The van der Waals surface area contributed by atoms with Crippen LogP contribution in [0, 0.1) is 0 Å². The second-order valence-corrected chi connectivity index (χ2v) is 5.64. The minimum Gasteiger partial charge on any atom is -0.302 e. The zero-order valence-corrected chi connectivity index (χ0v) is 11.5. The van der Waals surface area contributed by atoms with Crippen molar-refractivity contribution in [3.63, 3.8) is 0 Å². The van der Waals surface area contributed by atoms with E-state index in [1.54, 1.807) is 11.3 Å². The number of thiophene rings is 1. The van der Waals surface area contributed by atoms with E-state index in [1.165, 1.54) is 4.88 Å². The van der Waals surface area contributed by atoms with Gasteiger partial charge in [0.25, 0.3) is 0 Å². The Kier molecular flexibility index (Phi) is 4.92. The van der Waals surface area contributed by atoms with Crippen molar-refractivity contribution in [1.82, 2.24) is 10.3 Å². The molecule has 3 nitrogen and oxygen atoms in total. The molecule has 2 atom stereocenters. The molecule has 0 aliphatic heterocycles. The lowest BCUT2D eigenvalue weighted by molar-refractivity contribution is 0.113. The molecule has 1 aromatic rings. The molecule has 0 spiro atoms. The Bertz CT molecular complexity index is 297. The molecule has 0 aliphatic rings. The summed E-state index contributed by atoms with van der Waals surface area (Å²) in [7, 11) is 4.23. The van der Waals surface area contributed by atoms with Gasteiger partial charge in [-0.2, -0.15) is 0 Å². The number of hydrogen-bond acceptors (Lipinski definition) is 4. The standard InChI is InChI=1S/C12H23N3S/c1-5-12(2,15(3)4)11(14-13)9-10-7-6-8-16-10/h6-8,11,14H,5,9,13H2,1-4H3. The second-order valence-electron chi connectivity index (χ2n) is 4.61. The normalized spacial score (nSPS) is 17.4. The fraction of sp³-hybridized carbons (Fsp3) is 0.667. The van der Waals surface area contributed by atoms with Crippen molar-refractivity contribution in [3.05, 3.63) is 22.4 Å². The quantitative estimate of drug-likeness (QED) is 0.590. The maximum absolute atomic E-state index is 5.72. The molecule has 0 fully saturated rings. The van der Waals surface area contributed by atoms with Crippen LogP contribution < -0.4 is 11.3 Å².